The molecule has 0 saturated heterocycles. The van der Waals surface area contributed by atoms with E-state index in [0.717, 1.165) is 24.2 Å². The van der Waals surface area contributed by atoms with E-state index in [1.54, 1.807) is 0 Å². The van der Waals surface area contributed by atoms with Crippen LogP contribution in [0.4, 0.5) is 0 Å². The lowest BCUT2D eigenvalue weighted by Crippen LogP contribution is -2.31. The van der Waals surface area contributed by atoms with Crippen molar-refractivity contribution >= 4 is 5.97 Å². The summed E-state index contributed by atoms with van der Waals surface area (Å²) in [6, 6.07) is 0. The van der Waals surface area contributed by atoms with Gasteiger partial charge in [-0.3, -0.25) is 4.79 Å². The first-order valence-electron chi connectivity index (χ1n) is 5.59. The normalized spacial score (nSPS) is 48.2. The topological polar surface area (TPSA) is 26.3 Å². The lowest BCUT2D eigenvalue weighted by molar-refractivity contribution is -0.150. The maximum absolute atomic E-state index is 10.9. The summed E-state index contributed by atoms with van der Waals surface area (Å²) >= 11 is 0. The number of hydrogen-bond donors (Lipinski definition) is 0. The average Bonchev–Trinajstić information content (AvgIpc) is 2.68. The second-order valence-electron chi connectivity index (χ2n) is 4.95. The molecule has 3 aliphatic rings. The highest BCUT2D eigenvalue weighted by atomic mass is 16.5. The van der Waals surface area contributed by atoms with Crippen LogP contribution in [0.5, 0.6) is 0 Å². The smallest absolute Gasteiger partial charge is 0.302 e. The van der Waals surface area contributed by atoms with Gasteiger partial charge in [-0.2, -0.15) is 0 Å². The Morgan fingerprint density at radius 2 is 2.21 bits per heavy atom. The van der Waals surface area contributed by atoms with E-state index in [0.29, 0.717) is 5.92 Å². The van der Waals surface area contributed by atoms with E-state index in [9.17, 15) is 4.79 Å². The third-order valence-electron chi connectivity index (χ3n) is 4.26. The first kappa shape index (κ1) is 8.51. The Kier molecular flexibility index (Phi) is 1.73. The molecule has 76 valence electrons. The van der Waals surface area contributed by atoms with Crippen molar-refractivity contribution in [2.75, 3.05) is 0 Å². The quantitative estimate of drug-likeness (QED) is 0.470. The molecular weight excluding hydrogens is 176 g/mol. The number of carbonyl (C=O) groups is 1. The van der Waals surface area contributed by atoms with E-state index in [-0.39, 0.29) is 12.1 Å². The summed E-state index contributed by atoms with van der Waals surface area (Å²) in [5, 5.41) is 0. The van der Waals surface area contributed by atoms with Crippen molar-refractivity contribution in [3.8, 4) is 0 Å². The molecule has 3 rings (SSSR count). The van der Waals surface area contributed by atoms with Crippen LogP contribution in [-0.4, -0.2) is 12.1 Å². The zero-order valence-electron chi connectivity index (χ0n) is 8.48. The zero-order chi connectivity index (χ0) is 9.71. The van der Waals surface area contributed by atoms with Crippen molar-refractivity contribution in [2.24, 2.45) is 23.7 Å². The van der Waals surface area contributed by atoms with Gasteiger partial charge in [-0.15, -0.1) is 0 Å². The number of hydrogen-bond acceptors (Lipinski definition) is 2. The molecule has 2 unspecified atom stereocenters. The first-order chi connectivity index (χ1) is 6.75. The van der Waals surface area contributed by atoms with Crippen molar-refractivity contribution < 1.29 is 9.53 Å². The standard InChI is InChI=1S/C12H16O2/c1-7(13)14-12-6-8-5-11(12)10-4-2-3-9(8)10/h2-3,8-12H,4-6H2,1H3/t8?,9-,10-,11?,12-/m1/s1. The van der Waals surface area contributed by atoms with Gasteiger partial charge in [-0.25, -0.2) is 0 Å². The molecule has 0 amide bonds. The van der Waals surface area contributed by atoms with Gasteiger partial charge in [0.2, 0.25) is 0 Å². The van der Waals surface area contributed by atoms with Crippen LogP contribution >= 0.6 is 0 Å². The van der Waals surface area contributed by atoms with Crippen LogP contribution in [-0.2, 0) is 9.53 Å². The van der Waals surface area contributed by atoms with Gasteiger partial charge in [0.05, 0.1) is 0 Å². The van der Waals surface area contributed by atoms with Gasteiger partial charge in [-0.05, 0) is 42.9 Å². The number of esters is 1. The van der Waals surface area contributed by atoms with Crippen LogP contribution in [0.25, 0.3) is 0 Å². The lowest BCUT2D eigenvalue weighted by Gasteiger charge is -2.30. The second kappa shape index (κ2) is 2.85. The molecule has 3 aliphatic carbocycles. The summed E-state index contributed by atoms with van der Waals surface area (Å²) in [6.45, 7) is 1.52. The Morgan fingerprint density at radius 1 is 1.36 bits per heavy atom. The lowest BCUT2D eigenvalue weighted by atomic mass is 9.80. The fourth-order valence-corrected chi connectivity index (χ4v) is 3.84. The zero-order valence-corrected chi connectivity index (χ0v) is 8.48. The van der Waals surface area contributed by atoms with Gasteiger partial charge in [-0.1, -0.05) is 12.2 Å². The minimum atomic E-state index is -0.106. The van der Waals surface area contributed by atoms with Gasteiger partial charge < -0.3 is 4.74 Å². The van der Waals surface area contributed by atoms with E-state index in [1.807, 2.05) is 0 Å². The summed E-state index contributed by atoms with van der Waals surface area (Å²) in [7, 11) is 0. The molecule has 2 saturated carbocycles. The minimum Gasteiger partial charge on any atom is -0.462 e. The van der Waals surface area contributed by atoms with E-state index < -0.39 is 0 Å². The van der Waals surface area contributed by atoms with E-state index in [2.05, 4.69) is 12.2 Å². The summed E-state index contributed by atoms with van der Waals surface area (Å²) in [4.78, 5) is 10.9. The monoisotopic (exact) mass is 192 g/mol. The molecule has 2 bridgehead atoms. The Morgan fingerprint density at radius 3 is 3.00 bits per heavy atom. The largest absolute Gasteiger partial charge is 0.462 e. The number of fused-ring (bicyclic) bond motifs is 5. The molecule has 0 aromatic rings. The van der Waals surface area contributed by atoms with Crippen molar-refractivity contribution in [3.05, 3.63) is 12.2 Å². The Labute approximate surface area is 84.3 Å². The summed E-state index contributed by atoms with van der Waals surface area (Å²) < 4.78 is 5.39. The SMILES string of the molecule is CC(=O)O[C@@H]1CC2CC1[C@@H]1CC=C[C@H]21. The molecule has 0 aromatic heterocycles. The van der Waals surface area contributed by atoms with Gasteiger partial charge >= 0.3 is 5.97 Å². The molecular formula is C12H16O2. The Bertz CT molecular complexity index is 295. The van der Waals surface area contributed by atoms with Crippen LogP contribution in [0.3, 0.4) is 0 Å². The summed E-state index contributed by atoms with van der Waals surface area (Å²) in [6.07, 6.45) is 8.54. The number of allylic oxidation sites excluding steroid dienone is 2. The van der Waals surface area contributed by atoms with Crippen LogP contribution in [0, 0.1) is 23.7 Å². The van der Waals surface area contributed by atoms with E-state index in [4.69, 9.17) is 4.74 Å². The van der Waals surface area contributed by atoms with Crippen molar-refractivity contribution in [1.82, 2.24) is 0 Å². The third-order valence-corrected chi connectivity index (χ3v) is 4.26. The minimum absolute atomic E-state index is 0.106. The molecule has 0 aromatic carbocycles. The fraction of sp³-hybridized carbons (Fsp3) is 0.750. The van der Waals surface area contributed by atoms with E-state index in [1.165, 1.54) is 19.8 Å². The van der Waals surface area contributed by atoms with Gasteiger partial charge in [0.1, 0.15) is 6.10 Å². The van der Waals surface area contributed by atoms with Gasteiger partial charge in [0, 0.05) is 6.92 Å². The number of rotatable bonds is 1. The number of ether oxygens (including phenoxy) is 1. The Hall–Kier alpha value is -0.790. The highest BCUT2D eigenvalue weighted by molar-refractivity contribution is 5.66. The molecule has 0 heterocycles. The first-order valence-corrected chi connectivity index (χ1v) is 5.59. The Balaban J connectivity index is 1.75. The second-order valence-corrected chi connectivity index (χ2v) is 4.95. The van der Waals surface area contributed by atoms with Gasteiger partial charge in [0.15, 0.2) is 0 Å². The highest BCUT2D eigenvalue weighted by Gasteiger charge is 2.53. The van der Waals surface area contributed by atoms with Gasteiger partial charge in [0.25, 0.3) is 0 Å². The van der Waals surface area contributed by atoms with E-state index >= 15 is 0 Å². The molecule has 5 atom stereocenters. The maximum atomic E-state index is 10.9. The van der Waals surface area contributed by atoms with Crippen molar-refractivity contribution in [2.45, 2.75) is 32.3 Å². The highest BCUT2D eigenvalue weighted by Crippen LogP contribution is 2.57. The van der Waals surface area contributed by atoms with Crippen LogP contribution in [0.1, 0.15) is 26.2 Å². The molecule has 2 fully saturated rings. The van der Waals surface area contributed by atoms with Crippen LogP contribution in [0.15, 0.2) is 12.2 Å². The molecule has 14 heavy (non-hydrogen) atoms. The summed E-state index contributed by atoms with van der Waals surface area (Å²) in [5.74, 6) is 2.95. The molecule has 0 N–H and O–H groups in total. The third kappa shape index (κ3) is 1.06. The maximum Gasteiger partial charge on any atom is 0.302 e. The van der Waals surface area contributed by atoms with Crippen molar-refractivity contribution in [3.63, 3.8) is 0 Å². The van der Waals surface area contributed by atoms with Crippen LogP contribution in [0.2, 0.25) is 0 Å². The predicted octanol–water partition coefficient (Wildman–Crippen LogP) is 2.15. The van der Waals surface area contributed by atoms with Crippen molar-refractivity contribution in [1.29, 1.82) is 0 Å². The average molecular weight is 192 g/mol. The number of carbonyl (C=O) groups excluding carboxylic acids is 1. The molecule has 2 heteroatoms. The molecule has 0 radical (unpaired) electrons. The molecule has 2 nitrogen and oxygen atoms in total. The fourth-order valence-electron chi connectivity index (χ4n) is 3.84. The molecule has 0 aliphatic heterocycles. The predicted molar refractivity (Wildman–Crippen MR) is 52.5 cm³/mol. The summed E-state index contributed by atoms with van der Waals surface area (Å²) in [5.41, 5.74) is 0. The van der Waals surface area contributed by atoms with Crippen LogP contribution < -0.4 is 0 Å². The molecule has 0 spiro atoms.